The zero-order chi connectivity index (χ0) is 17.2. The van der Waals surface area contributed by atoms with Gasteiger partial charge in [0.25, 0.3) is 5.91 Å². The molecule has 0 aromatic carbocycles. The number of carbonyl (C=O) groups is 1. The third-order valence-corrected chi connectivity index (χ3v) is 4.10. The average molecular weight is 339 g/mol. The normalized spacial score (nSPS) is 17.0. The lowest BCUT2D eigenvalue weighted by atomic mass is 10.3. The summed E-state index contributed by atoms with van der Waals surface area (Å²) >= 11 is 0. The molecular formula is C18H17N3O4. The van der Waals surface area contributed by atoms with E-state index in [1.807, 2.05) is 19.1 Å². The van der Waals surface area contributed by atoms with Gasteiger partial charge in [0.2, 0.25) is 11.6 Å². The Morgan fingerprint density at radius 2 is 2.24 bits per heavy atom. The van der Waals surface area contributed by atoms with Crippen molar-refractivity contribution in [2.45, 2.75) is 19.4 Å². The summed E-state index contributed by atoms with van der Waals surface area (Å²) in [5.74, 6) is 1.37. The fourth-order valence-electron chi connectivity index (χ4n) is 2.78. The van der Waals surface area contributed by atoms with E-state index in [4.69, 9.17) is 13.7 Å². The molecule has 0 spiro atoms. The third-order valence-electron chi connectivity index (χ3n) is 4.10. The van der Waals surface area contributed by atoms with Crippen LogP contribution in [-0.4, -0.2) is 40.1 Å². The number of aryl methyl sites for hydroxylation is 1. The fourth-order valence-corrected chi connectivity index (χ4v) is 2.78. The molecule has 4 rings (SSSR count). The Morgan fingerprint density at radius 1 is 1.32 bits per heavy atom. The topological polar surface area (TPSA) is 81.6 Å². The molecule has 0 aliphatic carbocycles. The van der Waals surface area contributed by atoms with Gasteiger partial charge >= 0.3 is 0 Å². The van der Waals surface area contributed by atoms with E-state index in [0.717, 1.165) is 12.0 Å². The van der Waals surface area contributed by atoms with Gasteiger partial charge in [0.15, 0.2) is 11.5 Å². The molecule has 128 valence electrons. The van der Waals surface area contributed by atoms with Crippen LogP contribution in [-0.2, 0) is 0 Å². The summed E-state index contributed by atoms with van der Waals surface area (Å²) in [5, 5.41) is 3.86. The molecule has 25 heavy (non-hydrogen) atoms. The van der Waals surface area contributed by atoms with Gasteiger partial charge < -0.3 is 18.6 Å². The van der Waals surface area contributed by atoms with Crippen LogP contribution in [0.2, 0.25) is 0 Å². The first-order valence-electron chi connectivity index (χ1n) is 8.08. The van der Waals surface area contributed by atoms with Gasteiger partial charge in [0, 0.05) is 31.3 Å². The lowest BCUT2D eigenvalue weighted by Gasteiger charge is -2.15. The number of pyridine rings is 1. The Bertz CT molecular complexity index is 855. The van der Waals surface area contributed by atoms with E-state index in [0.29, 0.717) is 30.5 Å². The summed E-state index contributed by atoms with van der Waals surface area (Å²) < 4.78 is 16.3. The van der Waals surface area contributed by atoms with E-state index in [-0.39, 0.29) is 17.7 Å². The maximum Gasteiger partial charge on any atom is 0.276 e. The van der Waals surface area contributed by atoms with E-state index in [1.54, 1.807) is 35.6 Å². The van der Waals surface area contributed by atoms with Gasteiger partial charge in [-0.2, -0.15) is 0 Å². The van der Waals surface area contributed by atoms with Gasteiger partial charge in [0.1, 0.15) is 6.10 Å². The van der Waals surface area contributed by atoms with Crippen LogP contribution in [0.25, 0.3) is 11.5 Å². The van der Waals surface area contributed by atoms with Crippen LogP contribution in [0.3, 0.4) is 0 Å². The molecule has 4 heterocycles. The van der Waals surface area contributed by atoms with Crippen LogP contribution in [0, 0.1) is 6.92 Å². The maximum absolute atomic E-state index is 12.6. The Morgan fingerprint density at radius 3 is 3.00 bits per heavy atom. The van der Waals surface area contributed by atoms with Crippen LogP contribution in [0.1, 0.15) is 22.5 Å². The third kappa shape index (κ3) is 3.26. The van der Waals surface area contributed by atoms with Crippen LogP contribution >= 0.6 is 0 Å². The molecule has 0 radical (unpaired) electrons. The number of hydrogen-bond donors (Lipinski definition) is 0. The molecule has 0 bridgehead atoms. The standard InChI is InChI=1S/C18H17N3O4/c1-12-4-5-17(19-10-12)24-13-6-7-21(11-13)18(22)14-9-16(25-20-14)15-3-2-8-23-15/h2-5,8-10,13H,6-7,11H2,1H3. The highest BCUT2D eigenvalue weighted by Gasteiger charge is 2.30. The second-order valence-corrected chi connectivity index (χ2v) is 6.01. The zero-order valence-corrected chi connectivity index (χ0v) is 13.7. The van der Waals surface area contributed by atoms with Crippen molar-refractivity contribution in [3.8, 4) is 17.4 Å². The minimum absolute atomic E-state index is 0.0735. The van der Waals surface area contributed by atoms with Crippen molar-refractivity contribution >= 4 is 5.91 Å². The first-order chi connectivity index (χ1) is 12.2. The van der Waals surface area contributed by atoms with Crippen LogP contribution in [0.15, 0.2) is 51.7 Å². The molecule has 3 aromatic rings. The number of aromatic nitrogens is 2. The molecule has 0 N–H and O–H groups in total. The quantitative estimate of drug-likeness (QED) is 0.727. The number of rotatable bonds is 4. The molecule has 7 heteroatoms. The minimum atomic E-state index is -0.176. The monoisotopic (exact) mass is 339 g/mol. The first kappa shape index (κ1) is 15.4. The minimum Gasteiger partial charge on any atom is -0.472 e. The molecule has 1 aliphatic heterocycles. The van der Waals surface area contributed by atoms with Crippen molar-refractivity contribution in [2.24, 2.45) is 0 Å². The first-order valence-corrected chi connectivity index (χ1v) is 8.08. The van der Waals surface area contributed by atoms with Gasteiger partial charge in [-0.1, -0.05) is 11.2 Å². The Hall–Kier alpha value is -3.09. The molecule has 3 aromatic heterocycles. The van der Waals surface area contributed by atoms with Gasteiger partial charge in [-0.25, -0.2) is 4.98 Å². The molecular weight excluding hydrogens is 322 g/mol. The number of ether oxygens (including phenoxy) is 1. The molecule has 1 atom stereocenters. The van der Waals surface area contributed by atoms with Crippen molar-refractivity contribution in [3.63, 3.8) is 0 Å². The van der Waals surface area contributed by atoms with Crippen molar-refractivity contribution < 1.29 is 18.5 Å². The van der Waals surface area contributed by atoms with E-state index >= 15 is 0 Å². The summed E-state index contributed by atoms with van der Waals surface area (Å²) in [7, 11) is 0. The highest BCUT2D eigenvalue weighted by molar-refractivity contribution is 5.93. The average Bonchev–Trinajstić information content (AvgIpc) is 3.37. The summed E-state index contributed by atoms with van der Waals surface area (Å²) in [6.45, 7) is 3.08. The van der Waals surface area contributed by atoms with E-state index in [9.17, 15) is 4.79 Å². The molecule has 7 nitrogen and oxygen atoms in total. The lowest BCUT2D eigenvalue weighted by Crippen LogP contribution is -2.31. The largest absolute Gasteiger partial charge is 0.472 e. The summed E-state index contributed by atoms with van der Waals surface area (Å²) in [6.07, 6.45) is 3.99. The van der Waals surface area contributed by atoms with Gasteiger partial charge in [-0.05, 0) is 24.6 Å². The van der Waals surface area contributed by atoms with Crippen molar-refractivity contribution in [1.82, 2.24) is 15.0 Å². The van der Waals surface area contributed by atoms with Gasteiger partial charge in [-0.15, -0.1) is 0 Å². The van der Waals surface area contributed by atoms with E-state index in [2.05, 4.69) is 10.1 Å². The van der Waals surface area contributed by atoms with Crippen LogP contribution in [0.4, 0.5) is 0 Å². The molecule has 1 aliphatic rings. The SMILES string of the molecule is Cc1ccc(OC2CCN(C(=O)c3cc(-c4ccco4)on3)C2)nc1. The van der Waals surface area contributed by atoms with Crippen LogP contribution < -0.4 is 4.74 Å². The van der Waals surface area contributed by atoms with E-state index < -0.39 is 0 Å². The Balaban J connectivity index is 1.39. The van der Waals surface area contributed by atoms with Crippen LogP contribution in [0.5, 0.6) is 5.88 Å². The predicted octanol–water partition coefficient (Wildman–Crippen LogP) is 2.93. The summed E-state index contributed by atoms with van der Waals surface area (Å²) in [4.78, 5) is 18.5. The molecule has 1 amide bonds. The number of amides is 1. The van der Waals surface area contributed by atoms with Crippen molar-refractivity contribution in [1.29, 1.82) is 0 Å². The molecule has 1 unspecified atom stereocenters. The number of carbonyl (C=O) groups excluding carboxylic acids is 1. The lowest BCUT2D eigenvalue weighted by molar-refractivity contribution is 0.0761. The number of furan rings is 1. The summed E-state index contributed by atoms with van der Waals surface area (Å²) in [6, 6.07) is 8.89. The maximum atomic E-state index is 12.6. The van der Waals surface area contributed by atoms with Crippen molar-refractivity contribution in [3.05, 3.63) is 54.0 Å². The zero-order valence-electron chi connectivity index (χ0n) is 13.7. The Labute approximate surface area is 144 Å². The van der Waals surface area contributed by atoms with Gasteiger partial charge in [-0.3, -0.25) is 4.79 Å². The smallest absolute Gasteiger partial charge is 0.276 e. The van der Waals surface area contributed by atoms with E-state index in [1.165, 1.54) is 0 Å². The molecule has 0 saturated carbocycles. The fraction of sp³-hybridized carbons (Fsp3) is 0.278. The number of nitrogens with zero attached hydrogens (tertiary/aromatic N) is 3. The second kappa shape index (κ2) is 6.43. The molecule has 1 saturated heterocycles. The predicted molar refractivity (Wildman–Crippen MR) is 88.1 cm³/mol. The number of hydrogen-bond acceptors (Lipinski definition) is 6. The summed E-state index contributed by atoms with van der Waals surface area (Å²) in [5.41, 5.74) is 1.34. The van der Waals surface area contributed by atoms with Gasteiger partial charge in [0.05, 0.1) is 12.8 Å². The Kier molecular flexibility index (Phi) is 3.97. The second-order valence-electron chi connectivity index (χ2n) is 6.01. The van der Waals surface area contributed by atoms with Crippen molar-refractivity contribution in [2.75, 3.05) is 13.1 Å². The highest BCUT2D eigenvalue weighted by Crippen LogP contribution is 2.23. The highest BCUT2D eigenvalue weighted by atomic mass is 16.5. The molecule has 1 fully saturated rings. The number of likely N-dealkylation sites (tertiary alicyclic amines) is 1.